The number of nitrogens with one attached hydrogen (secondary N) is 3. The number of carbonyl (C=O) groups is 4. The number of aromatic nitrogens is 2. The summed E-state index contributed by atoms with van der Waals surface area (Å²) >= 11 is 0. The van der Waals surface area contributed by atoms with Crippen LogP contribution in [0.2, 0.25) is 0 Å². The lowest BCUT2D eigenvalue weighted by Gasteiger charge is -2.37. The van der Waals surface area contributed by atoms with Gasteiger partial charge in [-0.1, -0.05) is 56.5 Å². The van der Waals surface area contributed by atoms with Crippen LogP contribution in [0, 0.1) is 5.92 Å². The van der Waals surface area contributed by atoms with Gasteiger partial charge >= 0.3 is 0 Å². The minimum atomic E-state index is -0.686. The summed E-state index contributed by atoms with van der Waals surface area (Å²) in [4.78, 5) is 56.7. The zero-order valence-corrected chi connectivity index (χ0v) is 26.8. The maximum atomic E-state index is 13.6. The van der Waals surface area contributed by atoms with Gasteiger partial charge in [0.05, 0.1) is 0 Å². The van der Waals surface area contributed by atoms with Gasteiger partial charge in [0, 0.05) is 63.6 Å². The normalized spacial score (nSPS) is 16.7. The summed E-state index contributed by atoms with van der Waals surface area (Å²) in [5, 5.41) is 13.0. The fourth-order valence-electron chi connectivity index (χ4n) is 6.40. The van der Waals surface area contributed by atoms with Crippen LogP contribution in [-0.2, 0) is 27.9 Å². The Kier molecular flexibility index (Phi) is 11.1. The highest BCUT2D eigenvalue weighted by Crippen LogP contribution is 2.28. The number of piperazine rings is 1. The Morgan fingerprint density at radius 1 is 0.870 bits per heavy atom. The molecular formula is C35H45N7O4. The van der Waals surface area contributed by atoms with Crippen molar-refractivity contribution in [3.05, 3.63) is 78.1 Å². The summed E-state index contributed by atoms with van der Waals surface area (Å²) in [6.07, 6.45) is 7.13. The Morgan fingerprint density at radius 3 is 2.20 bits per heavy atom. The van der Waals surface area contributed by atoms with Crippen LogP contribution in [0.4, 0.5) is 11.4 Å². The lowest BCUT2D eigenvalue weighted by molar-refractivity contribution is -0.136. The van der Waals surface area contributed by atoms with Crippen molar-refractivity contribution in [1.29, 1.82) is 0 Å². The Morgan fingerprint density at radius 2 is 1.57 bits per heavy atom. The summed E-state index contributed by atoms with van der Waals surface area (Å²) < 4.78 is 1.50. The van der Waals surface area contributed by atoms with E-state index in [9.17, 15) is 19.2 Å². The molecule has 1 aliphatic heterocycles. The maximum absolute atomic E-state index is 13.6. The molecule has 11 nitrogen and oxygen atoms in total. The Balaban J connectivity index is 1.22. The average Bonchev–Trinajstić information content (AvgIpc) is 3.53. The minimum Gasteiger partial charge on any atom is -0.368 e. The van der Waals surface area contributed by atoms with Crippen LogP contribution in [0.25, 0.3) is 0 Å². The van der Waals surface area contributed by atoms with Gasteiger partial charge in [0.25, 0.3) is 5.91 Å². The molecule has 46 heavy (non-hydrogen) atoms. The van der Waals surface area contributed by atoms with Gasteiger partial charge in [-0.05, 0) is 54.7 Å². The van der Waals surface area contributed by atoms with Crippen LogP contribution in [0.3, 0.4) is 0 Å². The molecule has 2 aromatic carbocycles. The van der Waals surface area contributed by atoms with Crippen molar-refractivity contribution < 1.29 is 19.2 Å². The second-order valence-electron chi connectivity index (χ2n) is 12.2. The molecule has 2 fully saturated rings. The first-order valence-electron chi connectivity index (χ1n) is 16.4. The van der Waals surface area contributed by atoms with Crippen molar-refractivity contribution in [3.63, 3.8) is 0 Å². The van der Waals surface area contributed by atoms with E-state index in [0.717, 1.165) is 56.4 Å². The fraction of sp³-hybridized carbons (Fsp3) is 0.457. The molecule has 3 N–H and O–H groups in total. The van der Waals surface area contributed by atoms with E-state index in [4.69, 9.17) is 0 Å². The number of hydrogen-bond acceptors (Lipinski definition) is 6. The predicted molar refractivity (Wildman–Crippen MR) is 177 cm³/mol. The Hall–Kier alpha value is -4.67. The van der Waals surface area contributed by atoms with Gasteiger partial charge in [0.1, 0.15) is 17.8 Å². The van der Waals surface area contributed by atoms with Crippen LogP contribution in [-0.4, -0.2) is 76.6 Å². The van der Waals surface area contributed by atoms with Crippen molar-refractivity contribution in [2.24, 2.45) is 13.0 Å². The van der Waals surface area contributed by atoms with Gasteiger partial charge < -0.3 is 25.8 Å². The molecule has 1 saturated carbocycles. The molecule has 5 rings (SSSR count). The predicted octanol–water partition coefficient (Wildman–Crippen LogP) is 3.52. The Bertz CT molecular complexity index is 1480. The van der Waals surface area contributed by atoms with Crippen molar-refractivity contribution >= 4 is 35.0 Å². The van der Waals surface area contributed by atoms with Gasteiger partial charge in [0.2, 0.25) is 17.7 Å². The summed E-state index contributed by atoms with van der Waals surface area (Å²) in [6, 6.07) is 17.8. The van der Waals surface area contributed by atoms with E-state index in [0.29, 0.717) is 30.9 Å². The molecule has 2 aliphatic rings. The molecule has 0 radical (unpaired) electrons. The molecule has 2 unspecified atom stereocenters. The third-order valence-corrected chi connectivity index (χ3v) is 9.07. The quantitative estimate of drug-likeness (QED) is 0.299. The average molecular weight is 628 g/mol. The lowest BCUT2D eigenvalue weighted by Crippen LogP contribution is -2.55. The standard InChI is InChI=1S/C35H45N7O4/c1-3-31(43)38-29(35(46)42-22-20-41(21-23-42)28-12-8-5-9-13-28)24-25-14-16-27(17-15-25)37-34(45)32(26-10-6-4-7-11-26)39-33(44)30-18-19-36-40(30)2/h5,8-9,12-19,26,29,32H,3-4,6-7,10-11,20-24H2,1-2H3,(H,37,45)(H,38,43)(H,39,44). The topological polar surface area (TPSA) is 129 Å². The molecule has 3 aromatic rings. The van der Waals surface area contributed by atoms with Crippen molar-refractivity contribution in [1.82, 2.24) is 25.3 Å². The molecule has 0 spiro atoms. The van der Waals surface area contributed by atoms with Gasteiger partial charge in [0.15, 0.2) is 0 Å². The number of hydrogen-bond donors (Lipinski definition) is 3. The molecule has 11 heteroatoms. The first kappa shape index (κ1) is 32.7. The second kappa shape index (κ2) is 15.6. The minimum absolute atomic E-state index is 0.0497. The van der Waals surface area contributed by atoms with Crippen LogP contribution in [0.15, 0.2) is 66.9 Å². The van der Waals surface area contributed by atoms with Gasteiger partial charge in [-0.2, -0.15) is 5.10 Å². The number of rotatable bonds is 11. The number of nitrogens with zero attached hydrogens (tertiary/aromatic N) is 4. The molecule has 1 aromatic heterocycles. The third kappa shape index (κ3) is 8.32. The van der Waals surface area contributed by atoms with E-state index in [1.165, 1.54) is 4.68 Å². The van der Waals surface area contributed by atoms with Crippen LogP contribution < -0.4 is 20.9 Å². The van der Waals surface area contributed by atoms with Crippen molar-refractivity contribution in [2.45, 2.75) is 64.0 Å². The van der Waals surface area contributed by atoms with E-state index in [1.807, 2.05) is 35.2 Å². The van der Waals surface area contributed by atoms with Crippen LogP contribution in [0.5, 0.6) is 0 Å². The SMILES string of the molecule is CCC(=O)NC(Cc1ccc(NC(=O)C(NC(=O)c2ccnn2C)C2CCCCC2)cc1)C(=O)N1CCN(c2ccccc2)CC1. The number of aryl methyl sites for hydroxylation is 1. The maximum Gasteiger partial charge on any atom is 0.270 e. The lowest BCUT2D eigenvalue weighted by atomic mass is 9.83. The molecule has 1 saturated heterocycles. The molecule has 4 amide bonds. The highest BCUT2D eigenvalue weighted by Gasteiger charge is 2.32. The monoisotopic (exact) mass is 627 g/mol. The zero-order valence-electron chi connectivity index (χ0n) is 26.8. The largest absolute Gasteiger partial charge is 0.368 e. The highest BCUT2D eigenvalue weighted by atomic mass is 16.2. The highest BCUT2D eigenvalue weighted by molar-refractivity contribution is 6.00. The molecule has 2 heterocycles. The summed E-state index contributed by atoms with van der Waals surface area (Å²) in [6.45, 7) is 4.38. The number of benzene rings is 2. The van der Waals surface area contributed by atoms with Gasteiger partial charge in [-0.3, -0.25) is 23.9 Å². The zero-order chi connectivity index (χ0) is 32.5. The van der Waals surface area contributed by atoms with E-state index < -0.39 is 12.1 Å². The fourth-order valence-corrected chi connectivity index (χ4v) is 6.40. The van der Waals surface area contributed by atoms with Crippen LogP contribution in [0.1, 0.15) is 61.5 Å². The van der Waals surface area contributed by atoms with Crippen molar-refractivity contribution in [2.75, 3.05) is 36.4 Å². The summed E-state index contributed by atoms with van der Waals surface area (Å²) in [5.74, 6) is -0.798. The van der Waals surface area contributed by atoms with Crippen LogP contribution >= 0.6 is 0 Å². The van der Waals surface area contributed by atoms with E-state index in [1.54, 1.807) is 38.4 Å². The molecule has 0 bridgehead atoms. The number of amides is 4. The molecule has 2 atom stereocenters. The molecule has 1 aliphatic carbocycles. The van der Waals surface area contributed by atoms with Crippen molar-refractivity contribution in [3.8, 4) is 0 Å². The summed E-state index contributed by atoms with van der Waals surface area (Å²) in [5.41, 5.74) is 3.00. The Labute approximate surface area is 270 Å². The van der Waals surface area contributed by atoms with E-state index in [2.05, 4.69) is 38.1 Å². The van der Waals surface area contributed by atoms with E-state index >= 15 is 0 Å². The van der Waals surface area contributed by atoms with E-state index in [-0.39, 0.29) is 36.0 Å². The third-order valence-electron chi connectivity index (χ3n) is 9.07. The number of anilines is 2. The van der Waals surface area contributed by atoms with Gasteiger partial charge in [-0.15, -0.1) is 0 Å². The van der Waals surface area contributed by atoms with Gasteiger partial charge in [-0.25, -0.2) is 0 Å². The first-order valence-corrected chi connectivity index (χ1v) is 16.4. The number of para-hydroxylation sites is 1. The number of carbonyl (C=O) groups excluding carboxylic acids is 4. The first-order chi connectivity index (χ1) is 22.3. The summed E-state index contributed by atoms with van der Waals surface area (Å²) in [7, 11) is 1.70. The second-order valence-corrected chi connectivity index (χ2v) is 12.2. The molecule has 244 valence electrons. The smallest absolute Gasteiger partial charge is 0.270 e. The molecular weight excluding hydrogens is 582 g/mol.